The van der Waals surface area contributed by atoms with Crippen molar-refractivity contribution in [2.45, 2.75) is 6.43 Å². The molecule has 1 heterocycles. The van der Waals surface area contributed by atoms with E-state index < -0.39 is 18.9 Å². The van der Waals surface area contributed by atoms with E-state index in [9.17, 15) is 13.6 Å². The van der Waals surface area contributed by atoms with Crippen molar-refractivity contribution >= 4 is 22.6 Å². The minimum atomic E-state index is -2.58. The maximum absolute atomic E-state index is 12.1. The molecule has 0 saturated heterocycles. The van der Waals surface area contributed by atoms with Crippen LogP contribution in [0.2, 0.25) is 0 Å². The summed E-state index contributed by atoms with van der Waals surface area (Å²) in [7, 11) is 0. The molecule has 0 aliphatic heterocycles. The van der Waals surface area contributed by atoms with Gasteiger partial charge in [-0.3, -0.25) is 4.79 Å². The van der Waals surface area contributed by atoms with Crippen LogP contribution in [0.25, 0.3) is 10.9 Å². The van der Waals surface area contributed by atoms with E-state index in [-0.39, 0.29) is 11.4 Å². The van der Waals surface area contributed by atoms with Crippen LogP contribution in [-0.2, 0) is 0 Å². The molecule has 2 rings (SSSR count). The van der Waals surface area contributed by atoms with Crippen molar-refractivity contribution in [3.8, 4) is 0 Å². The Bertz CT molecular complexity index is 587. The number of fused-ring (bicyclic) bond motifs is 1. The summed E-state index contributed by atoms with van der Waals surface area (Å²) < 4.78 is 24.1. The van der Waals surface area contributed by atoms with Crippen LogP contribution in [0.4, 0.5) is 14.6 Å². The zero-order valence-electron chi connectivity index (χ0n) is 9.36. The summed E-state index contributed by atoms with van der Waals surface area (Å²) in [6.07, 6.45) is -2.58. The highest BCUT2D eigenvalue weighted by atomic mass is 19.3. The van der Waals surface area contributed by atoms with Crippen LogP contribution in [-0.4, -0.2) is 23.9 Å². The van der Waals surface area contributed by atoms with Crippen LogP contribution in [0.1, 0.15) is 10.4 Å². The first-order valence-electron chi connectivity index (χ1n) is 5.29. The fourth-order valence-corrected chi connectivity index (χ4v) is 1.65. The molecule has 0 radical (unpaired) electrons. The van der Waals surface area contributed by atoms with E-state index in [0.717, 1.165) is 0 Å². The van der Waals surface area contributed by atoms with Gasteiger partial charge in [-0.25, -0.2) is 13.8 Å². The monoisotopic (exact) mass is 251 g/mol. The van der Waals surface area contributed by atoms with Gasteiger partial charge < -0.3 is 11.1 Å². The number of carbonyl (C=O) groups is 1. The van der Waals surface area contributed by atoms with Crippen LogP contribution in [0.15, 0.2) is 30.3 Å². The van der Waals surface area contributed by atoms with Crippen molar-refractivity contribution in [2.24, 2.45) is 0 Å². The molecule has 2 aromatic rings. The molecule has 4 nitrogen and oxygen atoms in total. The molecule has 0 saturated carbocycles. The Morgan fingerprint density at radius 3 is 2.83 bits per heavy atom. The second-order valence-corrected chi connectivity index (χ2v) is 3.71. The third kappa shape index (κ3) is 2.53. The lowest BCUT2D eigenvalue weighted by Gasteiger charge is -2.08. The number of benzene rings is 1. The minimum absolute atomic E-state index is 0.177. The number of hydrogen-bond donors (Lipinski definition) is 2. The number of aromatic nitrogens is 1. The molecule has 0 aliphatic carbocycles. The van der Waals surface area contributed by atoms with Crippen molar-refractivity contribution in [1.82, 2.24) is 10.3 Å². The van der Waals surface area contributed by atoms with Crippen molar-refractivity contribution in [3.05, 3.63) is 35.9 Å². The molecule has 1 amide bonds. The minimum Gasteiger partial charge on any atom is -0.384 e. The highest BCUT2D eigenvalue weighted by molar-refractivity contribution is 6.06. The summed E-state index contributed by atoms with van der Waals surface area (Å²) in [5.41, 5.74) is 6.38. The number of pyridine rings is 1. The Balaban J connectivity index is 2.40. The number of nitrogens with two attached hydrogens (primary N) is 1. The van der Waals surface area contributed by atoms with Gasteiger partial charge in [-0.1, -0.05) is 18.2 Å². The smallest absolute Gasteiger partial charge is 0.255 e. The fourth-order valence-electron chi connectivity index (χ4n) is 1.65. The van der Waals surface area contributed by atoms with Gasteiger partial charge in [0.05, 0.1) is 17.6 Å². The third-order valence-electron chi connectivity index (χ3n) is 2.40. The molecule has 0 bridgehead atoms. The number of nitrogens with zero attached hydrogens (tertiary/aromatic N) is 1. The number of nitrogen functional groups attached to an aromatic ring is 1. The van der Waals surface area contributed by atoms with E-state index >= 15 is 0 Å². The lowest BCUT2D eigenvalue weighted by molar-refractivity contribution is 0.0893. The van der Waals surface area contributed by atoms with Gasteiger partial charge in [0.2, 0.25) is 0 Å². The number of alkyl halides is 2. The normalized spacial score (nSPS) is 10.8. The second kappa shape index (κ2) is 4.95. The predicted molar refractivity (Wildman–Crippen MR) is 64.5 cm³/mol. The quantitative estimate of drug-likeness (QED) is 0.874. The molecule has 0 unspecified atom stereocenters. The number of amides is 1. The Morgan fingerprint density at radius 1 is 1.39 bits per heavy atom. The van der Waals surface area contributed by atoms with Gasteiger partial charge in [0.25, 0.3) is 12.3 Å². The number of rotatable bonds is 3. The van der Waals surface area contributed by atoms with Gasteiger partial charge >= 0.3 is 0 Å². The van der Waals surface area contributed by atoms with Crippen molar-refractivity contribution in [2.75, 3.05) is 12.3 Å². The Morgan fingerprint density at radius 2 is 2.11 bits per heavy atom. The van der Waals surface area contributed by atoms with Crippen LogP contribution in [0, 0.1) is 0 Å². The van der Waals surface area contributed by atoms with Crippen molar-refractivity contribution in [3.63, 3.8) is 0 Å². The first kappa shape index (κ1) is 12.2. The number of carbonyl (C=O) groups excluding carboxylic acids is 1. The molecule has 1 aromatic carbocycles. The molecule has 0 atom stereocenters. The number of hydrogen-bond acceptors (Lipinski definition) is 3. The average Bonchev–Trinajstić information content (AvgIpc) is 2.34. The Kier molecular flexibility index (Phi) is 3.36. The van der Waals surface area contributed by atoms with Crippen LogP contribution < -0.4 is 11.1 Å². The topological polar surface area (TPSA) is 68.0 Å². The SMILES string of the molecule is Nc1cc(C(=O)NCC(F)F)c2ccccc2n1. The largest absolute Gasteiger partial charge is 0.384 e. The average molecular weight is 251 g/mol. The first-order chi connectivity index (χ1) is 8.58. The molecular formula is C12H11F2N3O. The summed E-state index contributed by atoms with van der Waals surface area (Å²) in [5.74, 6) is -0.406. The molecule has 0 aliphatic rings. The van der Waals surface area contributed by atoms with E-state index in [2.05, 4.69) is 10.3 Å². The van der Waals surface area contributed by atoms with Crippen LogP contribution >= 0.6 is 0 Å². The predicted octanol–water partition coefficient (Wildman–Crippen LogP) is 1.81. The summed E-state index contributed by atoms with van der Waals surface area (Å²) in [5, 5.41) is 2.73. The molecule has 0 fully saturated rings. The zero-order valence-corrected chi connectivity index (χ0v) is 9.36. The maximum atomic E-state index is 12.1. The Labute approximate surface area is 102 Å². The third-order valence-corrected chi connectivity index (χ3v) is 2.40. The first-order valence-corrected chi connectivity index (χ1v) is 5.29. The summed E-state index contributed by atoms with van der Waals surface area (Å²) >= 11 is 0. The fraction of sp³-hybridized carbons (Fsp3) is 0.167. The summed E-state index contributed by atoms with van der Waals surface area (Å²) in [6.45, 7) is -0.685. The second-order valence-electron chi connectivity index (χ2n) is 3.71. The lowest BCUT2D eigenvalue weighted by Crippen LogP contribution is -2.28. The van der Waals surface area contributed by atoms with E-state index in [1.54, 1.807) is 24.3 Å². The van der Waals surface area contributed by atoms with Gasteiger partial charge in [-0.15, -0.1) is 0 Å². The highest BCUT2D eigenvalue weighted by Crippen LogP contribution is 2.19. The van der Waals surface area contributed by atoms with Crippen molar-refractivity contribution in [1.29, 1.82) is 0 Å². The summed E-state index contributed by atoms with van der Waals surface area (Å²) in [4.78, 5) is 15.9. The molecule has 6 heteroatoms. The van der Waals surface area contributed by atoms with Crippen molar-refractivity contribution < 1.29 is 13.6 Å². The molecule has 3 N–H and O–H groups in total. The number of halogens is 2. The maximum Gasteiger partial charge on any atom is 0.255 e. The van der Waals surface area contributed by atoms with Crippen LogP contribution in [0.3, 0.4) is 0 Å². The number of anilines is 1. The standard InChI is InChI=1S/C12H11F2N3O/c13-10(14)6-16-12(18)8-5-11(15)17-9-4-2-1-3-7(8)9/h1-5,10H,6H2,(H2,15,17)(H,16,18). The Hall–Kier alpha value is -2.24. The molecular weight excluding hydrogens is 240 g/mol. The molecule has 94 valence electrons. The van der Waals surface area contributed by atoms with Gasteiger partial charge in [0.1, 0.15) is 5.82 Å². The van der Waals surface area contributed by atoms with Gasteiger partial charge in [-0.05, 0) is 12.1 Å². The number of nitrogens with one attached hydrogen (secondary N) is 1. The van der Waals surface area contributed by atoms with E-state index in [0.29, 0.717) is 10.9 Å². The van der Waals surface area contributed by atoms with E-state index in [4.69, 9.17) is 5.73 Å². The zero-order chi connectivity index (χ0) is 13.1. The van der Waals surface area contributed by atoms with Gasteiger partial charge in [-0.2, -0.15) is 0 Å². The lowest BCUT2D eigenvalue weighted by atomic mass is 10.1. The molecule has 18 heavy (non-hydrogen) atoms. The van der Waals surface area contributed by atoms with Gasteiger partial charge in [0.15, 0.2) is 0 Å². The van der Waals surface area contributed by atoms with Gasteiger partial charge in [0, 0.05) is 5.39 Å². The summed E-state index contributed by atoms with van der Waals surface area (Å²) in [6, 6.07) is 8.28. The highest BCUT2D eigenvalue weighted by Gasteiger charge is 2.13. The van der Waals surface area contributed by atoms with E-state index in [1.165, 1.54) is 6.07 Å². The molecule has 1 aromatic heterocycles. The molecule has 0 spiro atoms. The number of para-hydroxylation sites is 1. The van der Waals surface area contributed by atoms with Crippen LogP contribution in [0.5, 0.6) is 0 Å². The van der Waals surface area contributed by atoms with E-state index in [1.807, 2.05) is 0 Å².